The number of thiazole rings is 1. The summed E-state index contributed by atoms with van der Waals surface area (Å²) in [7, 11) is 0. The molecule has 6 nitrogen and oxygen atoms in total. The average Bonchev–Trinajstić information content (AvgIpc) is 3.23. The molecule has 2 fully saturated rings. The number of nitrogens with zero attached hydrogens (tertiary/aromatic N) is 4. The first-order chi connectivity index (χ1) is 14.6. The highest BCUT2D eigenvalue weighted by atomic mass is 32.1. The van der Waals surface area contributed by atoms with Crippen molar-refractivity contribution in [2.75, 3.05) is 45.8 Å². The molecule has 0 unspecified atom stereocenters. The smallest absolute Gasteiger partial charge is 0.236 e. The molecule has 7 heteroatoms. The standard InChI is InChI=1S/C23H30N4O2S/c1-18-5-7-19(8-6-18)23-24-20(17-30-23)15-21(28)27-13-11-25(12-14-27)16-22(29)26-9-3-2-4-10-26/h5-8,17H,2-4,9-16H2,1H3. The van der Waals surface area contributed by atoms with Gasteiger partial charge in [0.2, 0.25) is 11.8 Å². The lowest BCUT2D eigenvalue weighted by molar-refractivity contribution is -0.135. The van der Waals surface area contributed by atoms with Crippen LogP contribution in [-0.4, -0.2) is 77.3 Å². The van der Waals surface area contributed by atoms with Crippen LogP contribution < -0.4 is 0 Å². The Morgan fingerprint density at radius 1 is 0.900 bits per heavy atom. The van der Waals surface area contributed by atoms with E-state index in [0.29, 0.717) is 26.1 Å². The first kappa shape index (κ1) is 21.0. The fraction of sp³-hybridized carbons (Fsp3) is 0.522. The van der Waals surface area contributed by atoms with Gasteiger partial charge in [0.05, 0.1) is 18.7 Å². The van der Waals surface area contributed by atoms with Gasteiger partial charge in [0.25, 0.3) is 0 Å². The number of aryl methyl sites for hydroxylation is 1. The van der Waals surface area contributed by atoms with E-state index >= 15 is 0 Å². The third-order valence-corrected chi connectivity index (χ3v) is 6.92. The molecule has 0 atom stereocenters. The van der Waals surface area contributed by atoms with Crippen LogP contribution in [0.2, 0.25) is 0 Å². The minimum absolute atomic E-state index is 0.123. The second kappa shape index (κ2) is 9.71. The second-order valence-corrected chi connectivity index (χ2v) is 9.14. The first-order valence-electron chi connectivity index (χ1n) is 10.9. The summed E-state index contributed by atoms with van der Waals surface area (Å²) in [5.74, 6) is 0.360. The van der Waals surface area contributed by atoms with E-state index in [1.54, 1.807) is 11.3 Å². The molecule has 1 aromatic carbocycles. The van der Waals surface area contributed by atoms with Gasteiger partial charge >= 0.3 is 0 Å². The van der Waals surface area contributed by atoms with Crippen molar-refractivity contribution >= 4 is 23.2 Å². The van der Waals surface area contributed by atoms with Crippen molar-refractivity contribution in [2.45, 2.75) is 32.6 Å². The molecule has 0 radical (unpaired) electrons. The van der Waals surface area contributed by atoms with Crippen LogP contribution in [0.25, 0.3) is 10.6 Å². The maximum atomic E-state index is 12.7. The molecule has 2 aromatic rings. The zero-order valence-electron chi connectivity index (χ0n) is 17.7. The molecule has 2 amide bonds. The number of hydrogen-bond donors (Lipinski definition) is 0. The van der Waals surface area contributed by atoms with Crippen LogP contribution in [0.5, 0.6) is 0 Å². The van der Waals surface area contributed by atoms with Gasteiger partial charge in [-0.05, 0) is 26.2 Å². The van der Waals surface area contributed by atoms with E-state index in [4.69, 9.17) is 0 Å². The molecule has 160 valence electrons. The molecule has 0 N–H and O–H groups in total. The van der Waals surface area contributed by atoms with Crippen molar-refractivity contribution in [3.8, 4) is 10.6 Å². The highest BCUT2D eigenvalue weighted by Crippen LogP contribution is 2.24. The first-order valence-corrected chi connectivity index (χ1v) is 11.8. The van der Waals surface area contributed by atoms with E-state index in [-0.39, 0.29) is 11.8 Å². The largest absolute Gasteiger partial charge is 0.342 e. The maximum absolute atomic E-state index is 12.7. The minimum Gasteiger partial charge on any atom is -0.342 e. The van der Waals surface area contributed by atoms with E-state index in [1.165, 1.54) is 12.0 Å². The third kappa shape index (κ3) is 5.26. The molecular formula is C23H30N4O2S. The van der Waals surface area contributed by atoms with Gasteiger partial charge in [-0.2, -0.15) is 0 Å². The van der Waals surface area contributed by atoms with Gasteiger partial charge in [-0.15, -0.1) is 11.3 Å². The summed E-state index contributed by atoms with van der Waals surface area (Å²) in [6.07, 6.45) is 3.82. The predicted molar refractivity (Wildman–Crippen MR) is 119 cm³/mol. The molecule has 2 saturated heterocycles. The van der Waals surface area contributed by atoms with Crippen LogP contribution >= 0.6 is 11.3 Å². The zero-order valence-corrected chi connectivity index (χ0v) is 18.5. The van der Waals surface area contributed by atoms with Crippen molar-refractivity contribution in [1.29, 1.82) is 0 Å². The molecule has 0 saturated carbocycles. The van der Waals surface area contributed by atoms with Crippen LogP contribution in [0.1, 0.15) is 30.5 Å². The Morgan fingerprint density at radius 2 is 1.57 bits per heavy atom. The Labute approximate surface area is 182 Å². The number of amides is 2. The van der Waals surface area contributed by atoms with E-state index in [0.717, 1.165) is 55.3 Å². The summed E-state index contributed by atoms with van der Waals surface area (Å²) in [5.41, 5.74) is 3.15. The van der Waals surface area contributed by atoms with Gasteiger partial charge < -0.3 is 9.80 Å². The molecular weight excluding hydrogens is 396 g/mol. The monoisotopic (exact) mass is 426 g/mol. The van der Waals surface area contributed by atoms with Gasteiger partial charge in [-0.3, -0.25) is 14.5 Å². The van der Waals surface area contributed by atoms with Crippen molar-refractivity contribution in [3.05, 3.63) is 40.9 Å². The number of piperazine rings is 1. The lowest BCUT2D eigenvalue weighted by Gasteiger charge is -2.36. The Bertz CT molecular complexity index is 866. The number of rotatable bonds is 5. The molecule has 2 aliphatic heterocycles. The summed E-state index contributed by atoms with van der Waals surface area (Å²) in [6.45, 7) is 7.23. The number of likely N-dealkylation sites (tertiary alicyclic amines) is 1. The summed E-state index contributed by atoms with van der Waals surface area (Å²) in [5, 5.41) is 2.94. The molecule has 0 bridgehead atoms. The van der Waals surface area contributed by atoms with Crippen LogP contribution in [0.3, 0.4) is 0 Å². The second-order valence-electron chi connectivity index (χ2n) is 8.29. The quantitative estimate of drug-likeness (QED) is 0.738. The van der Waals surface area contributed by atoms with E-state index < -0.39 is 0 Å². The molecule has 2 aliphatic rings. The van der Waals surface area contributed by atoms with E-state index in [9.17, 15) is 9.59 Å². The lowest BCUT2D eigenvalue weighted by atomic mass is 10.1. The number of aromatic nitrogens is 1. The van der Waals surface area contributed by atoms with Crippen molar-refractivity contribution in [2.24, 2.45) is 0 Å². The van der Waals surface area contributed by atoms with Crippen molar-refractivity contribution < 1.29 is 9.59 Å². The zero-order chi connectivity index (χ0) is 20.9. The Kier molecular flexibility index (Phi) is 6.79. The van der Waals surface area contributed by atoms with Crippen LogP contribution in [0.15, 0.2) is 29.6 Å². The SMILES string of the molecule is Cc1ccc(-c2nc(CC(=O)N3CCN(CC(=O)N4CCCCC4)CC3)cs2)cc1. The fourth-order valence-corrected chi connectivity index (χ4v) is 4.90. The topological polar surface area (TPSA) is 56.8 Å². The number of benzene rings is 1. The number of piperidine rings is 1. The van der Waals surface area contributed by atoms with E-state index in [2.05, 4.69) is 41.1 Å². The third-order valence-electron chi connectivity index (χ3n) is 5.98. The number of hydrogen-bond acceptors (Lipinski definition) is 5. The number of carbonyl (C=O) groups is 2. The normalized spacial score (nSPS) is 17.9. The van der Waals surface area contributed by atoms with Crippen LogP contribution in [0, 0.1) is 6.92 Å². The van der Waals surface area contributed by atoms with E-state index in [1.807, 2.05) is 15.2 Å². The highest BCUT2D eigenvalue weighted by Gasteiger charge is 2.25. The van der Waals surface area contributed by atoms with Gasteiger partial charge in [0, 0.05) is 50.2 Å². The Morgan fingerprint density at radius 3 is 2.27 bits per heavy atom. The summed E-state index contributed by atoms with van der Waals surface area (Å²) >= 11 is 1.59. The summed E-state index contributed by atoms with van der Waals surface area (Å²) in [4.78, 5) is 35.9. The van der Waals surface area contributed by atoms with Crippen LogP contribution in [-0.2, 0) is 16.0 Å². The van der Waals surface area contributed by atoms with Gasteiger partial charge in [-0.25, -0.2) is 4.98 Å². The Hall–Kier alpha value is -2.25. The van der Waals surface area contributed by atoms with Gasteiger partial charge in [0.15, 0.2) is 0 Å². The van der Waals surface area contributed by atoms with Gasteiger partial charge in [0.1, 0.15) is 5.01 Å². The summed E-state index contributed by atoms with van der Waals surface area (Å²) < 4.78 is 0. The molecule has 1 aromatic heterocycles. The maximum Gasteiger partial charge on any atom is 0.236 e. The molecule has 30 heavy (non-hydrogen) atoms. The lowest BCUT2D eigenvalue weighted by Crippen LogP contribution is -2.52. The van der Waals surface area contributed by atoms with Crippen molar-refractivity contribution in [3.63, 3.8) is 0 Å². The van der Waals surface area contributed by atoms with Crippen molar-refractivity contribution in [1.82, 2.24) is 19.7 Å². The average molecular weight is 427 g/mol. The van der Waals surface area contributed by atoms with Gasteiger partial charge in [-0.1, -0.05) is 29.8 Å². The Balaban J connectivity index is 1.24. The fourth-order valence-electron chi connectivity index (χ4n) is 4.07. The highest BCUT2D eigenvalue weighted by molar-refractivity contribution is 7.13. The molecule has 3 heterocycles. The molecule has 0 spiro atoms. The summed E-state index contributed by atoms with van der Waals surface area (Å²) in [6, 6.07) is 8.31. The van der Waals surface area contributed by atoms with Crippen LogP contribution in [0.4, 0.5) is 0 Å². The minimum atomic E-state index is 0.123. The number of carbonyl (C=O) groups excluding carboxylic acids is 2. The molecule has 0 aliphatic carbocycles. The predicted octanol–water partition coefficient (Wildman–Crippen LogP) is 2.82. The molecule has 4 rings (SSSR count).